The van der Waals surface area contributed by atoms with Crippen molar-refractivity contribution in [2.24, 2.45) is 0 Å². The number of hydrogen-bond donors (Lipinski definition) is 1. The second-order valence-corrected chi connectivity index (χ2v) is 6.79. The van der Waals surface area contributed by atoms with E-state index in [-0.39, 0.29) is 0 Å². The van der Waals surface area contributed by atoms with Crippen LogP contribution in [-0.2, 0) is 5.75 Å². The van der Waals surface area contributed by atoms with E-state index in [4.69, 9.17) is 12.2 Å². The minimum atomic E-state index is 0.638. The summed E-state index contributed by atoms with van der Waals surface area (Å²) >= 11 is 10.8. The van der Waals surface area contributed by atoms with Gasteiger partial charge < -0.3 is 4.98 Å². The first-order valence-electron chi connectivity index (χ1n) is 6.08. The van der Waals surface area contributed by atoms with Crippen molar-refractivity contribution in [3.8, 4) is 0 Å². The molecule has 0 atom stereocenters. The fourth-order valence-electron chi connectivity index (χ4n) is 2.29. The molecule has 1 aromatic heterocycles. The lowest BCUT2D eigenvalue weighted by Crippen LogP contribution is -2.04. The zero-order valence-electron chi connectivity index (χ0n) is 9.96. The monoisotopic (exact) mass is 332 g/mol. The Bertz CT molecular complexity index is 439. The first kappa shape index (κ1) is 13.6. The van der Waals surface area contributed by atoms with Crippen molar-refractivity contribution in [1.82, 2.24) is 9.97 Å². The van der Waals surface area contributed by atoms with E-state index in [9.17, 15) is 0 Å². The Labute approximate surface area is 120 Å². The molecule has 17 heavy (non-hydrogen) atoms. The van der Waals surface area contributed by atoms with Crippen LogP contribution in [0.15, 0.2) is 4.47 Å². The molecule has 1 aliphatic carbocycles. The van der Waals surface area contributed by atoms with Crippen LogP contribution in [0.1, 0.15) is 50.0 Å². The standard InChI is InChI=1S/C12H17BrN2S2/c1-2-17-7-9-14-11(8-5-3-4-6-8)10(13)12(16)15-9/h8H,2-7H2,1H3,(H,14,15,16). The Morgan fingerprint density at radius 2 is 2.18 bits per heavy atom. The molecule has 0 saturated heterocycles. The summed E-state index contributed by atoms with van der Waals surface area (Å²) in [5.74, 6) is 3.69. The Kier molecular flexibility index (Phi) is 5.06. The molecule has 1 N–H and O–H groups in total. The highest BCUT2D eigenvalue weighted by atomic mass is 79.9. The molecule has 0 bridgehead atoms. The van der Waals surface area contributed by atoms with Crippen molar-refractivity contribution in [3.63, 3.8) is 0 Å². The quantitative estimate of drug-likeness (QED) is 0.802. The van der Waals surface area contributed by atoms with Gasteiger partial charge in [0.2, 0.25) is 0 Å². The molecule has 1 saturated carbocycles. The van der Waals surface area contributed by atoms with Crippen LogP contribution in [0.25, 0.3) is 0 Å². The SMILES string of the molecule is CCSCc1nc(=S)c(Br)c(C2CCCC2)[nH]1. The van der Waals surface area contributed by atoms with E-state index in [2.05, 4.69) is 32.8 Å². The second-order valence-electron chi connectivity index (χ2n) is 4.33. The molecule has 1 aliphatic rings. The maximum atomic E-state index is 5.33. The predicted molar refractivity (Wildman–Crippen MR) is 80.2 cm³/mol. The number of H-pyrrole nitrogens is 1. The van der Waals surface area contributed by atoms with Gasteiger partial charge >= 0.3 is 0 Å². The molecule has 1 aromatic rings. The maximum absolute atomic E-state index is 5.33. The Balaban J connectivity index is 2.29. The van der Waals surface area contributed by atoms with Crippen LogP contribution in [0.5, 0.6) is 0 Å². The predicted octanol–water partition coefficient (Wildman–Crippen LogP) is 4.81. The molecular formula is C12H17BrN2S2. The molecule has 0 radical (unpaired) electrons. The molecule has 2 nitrogen and oxygen atoms in total. The van der Waals surface area contributed by atoms with Crippen LogP contribution < -0.4 is 0 Å². The zero-order valence-corrected chi connectivity index (χ0v) is 13.2. The number of halogens is 1. The van der Waals surface area contributed by atoms with Crippen molar-refractivity contribution >= 4 is 39.9 Å². The molecule has 5 heteroatoms. The fourth-order valence-corrected chi connectivity index (χ4v) is 3.55. The van der Waals surface area contributed by atoms with Crippen LogP contribution in [0.3, 0.4) is 0 Å². The molecule has 0 aromatic carbocycles. The van der Waals surface area contributed by atoms with Gasteiger partial charge in [0.25, 0.3) is 0 Å². The van der Waals surface area contributed by atoms with Crippen molar-refractivity contribution < 1.29 is 0 Å². The van der Waals surface area contributed by atoms with E-state index >= 15 is 0 Å². The van der Waals surface area contributed by atoms with Crippen LogP contribution in [0, 0.1) is 4.64 Å². The number of nitrogens with one attached hydrogen (secondary N) is 1. The number of rotatable bonds is 4. The lowest BCUT2D eigenvalue weighted by atomic mass is 10.0. The van der Waals surface area contributed by atoms with Gasteiger partial charge in [-0.1, -0.05) is 32.0 Å². The average Bonchev–Trinajstić information content (AvgIpc) is 2.84. The number of aromatic amines is 1. The summed E-state index contributed by atoms with van der Waals surface area (Å²) in [4.78, 5) is 7.92. The average molecular weight is 333 g/mol. The van der Waals surface area contributed by atoms with Gasteiger partial charge in [0.1, 0.15) is 10.5 Å². The van der Waals surface area contributed by atoms with E-state index < -0.39 is 0 Å². The molecule has 0 aliphatic heterocycles. The molecule has 94 valence electrons. The summed E-state index contributed by atoms with van der Waals surface area (Å²) in [6.07, 6.45) is 5.21. The van der Waals surface area contributed by atoms with Gasteiger partial charge in [-0.05, 0) is 34.5 Å². The summed E-state index contributed by atoms with van der Waals surface area (Å²) in [7, 11) is 0. The molecular weight excluding hydrogens is 316 g/mol. The molecule has 2 rings (SSSR count). The number of thioether (sulfide) groups is 1. The number of nitrogens with zero attached hydrogens (tertiary/aromatic N) is 1. The van der Waals surface area contributed by atoms with E-state index in [1.54, 1.807) is 0 Å². The summed E-state index contributed by atoms with van der Waals surface area (Å²) in [5, 5.41) is 0. The van der Waals surface area contributed by atoms with E-state index in [1.165, 1.54) is 31.4 Å². The minimum absolute atomic E-state index is 0.638. The van der Waals surface area contributed by atoms with Crippen molar-refractivity contribution in [3.05, 3.63) is 20.6 Å². The smallest absolute Gasteiger partial charge is 0.144 e. The first-order valence-corrected chi connectivity index (χ1v) is 8.44. The first-order chi connectivity index (χ1) is 8.22. The Hall–Kier alpha value is 0.130. The van der Waals surface area contributed by atoms with Gasteiger partial charge in [0.15, 0.2) is 0 Å². The van der Waals surface area contributed by atoms with E-state index in [0.717, 1.165) is 21.8 Å². The van der Waals surface area contributed by atoms with Crippen LogP contribution in [0.2, 0.25) is 0 Å². The third-order valence-corrected chi connectivity index (χ3v) is 5.39. The zero-order chi connectivity index (χ0) is 12.3. The highest BCUT2D eigenvalue weighted by Gasteiger charge is 2.21. The third-order valence-electron chi connectivity index (χ3n) is 3.15. The van der Waals surface area contributed by atoms with Gasteiger partial charge in [-0.2, -0.15) is 11.8 Å². The molecule has 0 unspecified atom stereocenters. The molecule has 1 fully saturated rings. The van der Waals surface area contributed by atoms with Gasteiger partial charge in [-0.15, -0.1) is 0 Å². The van der Waals surface area contributed by atoms with E-state index in [0.29, 0.717) is 10.6 Å². The Morgan fingerprint density at radius 3 is 2.82 bits per heavy atom. The van der Waals surface area contributed by atoms with Gasteiger partial charge in [-0.25, -0.2) is 4.98 Å². The highest BCUT2D eigenvalue weighted by Crippen LogP contribution is 2.36. The summed E-state index contributed by atoms with van der Waals surface area (Å²) in [6.45, 7) is 2.16. The number of hydrogen-bond acceptors (Lipinski definition) is 3. The highest BCUT2D eigenvalue weighted by molar-refractivity contribution is 9.10. The number of aromatic nitrogens is 2. The summed E-state index contributed by atoms with van der Waals surface area (Å²) in [6, 6.07) is 0. The largest absolute Gasteiger partial charge is 0.345 e. The second kappa shape index (κ2) is 6.34. The van der Waals surface area contributed by atoms with Crippen molar-refractivity contribution in [1.29, 1.82) is 0 Å². The lowest BCUT2D eigenvalue weighted by Gasteiger charge is -2.13. The third kappa shape index (κ3) is 3.32. The fraction of sp³-hybridized carbons (Fsp3) is 0.667. The maximum Gasteiger partial charge on any atom is 0.144 e. The lowest BCUT2D eigenvalue weighted by molar-refractivity contribution is 0.682. The summed E-state index contributed by atoms with van der Waals surface area (Å²) in [5.41, 5.74) is 1.27. The molecule has 1 heterocycles. The van der Waals surface area contributed by atoms with Crippen LogP contribution in [-0.4, -0.2) is 15.7 Å². The van der Waals surface area contributed by atoms with Crippen molar-refractivity contribution in [2.45, 2.75) is 44.3 Å². The molecule has 0 spiro atoms. The van der Waals surface area contributed by atoms with Gasteiger partial charge in [0.05, 0.1) is 10.2 Å². The molecule has 0 amide bonds. The summed E-state index contributed by atoms with van der Waals surface area (Å²) < 4.78 is 1.71. The van der Waals surface area contributed by atoms with Crippen molar-refractivity contribution in [2.75, 3.05) is 5.75 Å². The van der Waals surface area contributed by atoms with Gasteiger partial charge in [0, 0.05) is 11.6 Å². The topological polar surface area (TPSA) is 28.7 Å². The minimum Gasteiger partial charge on any atom is -0.345 e. The van der Waals surface area contributed by atoms with E-state index in [1.807, 2.05) is 11.8 Å². The van der Waals surface area contributed by atoms with Crippen LogP contribution >= 0.6 is 39.9 Å². The Morgan fingerprint density at radius 1 is 1.47 bits per heavy atom. The van der Waals surface area contributed by atoms with Gasteiger partial charge in [-0.3, -0.25) is 0 Å². The van der Waals surface area contributed by atoms with Crippen LogP contribution in [0.4, 0.5) is 0 Å². The normalized spacial score (nSPS) is 16.6.